The van der Waals surface area contributed by atoms with E-state index in [9.17, 15) is 19.4 Å². The maximum atomic E-state index is 13.2. The molecule has 2 atom stereocenters. The molecule has 1 aromatic carbocycles. The SMILES string of the molecule is CCCc1cc(N2CC[C@@H](O)[C@](Cc3ccc(F)cc3)(C(=O)O)C2)nc(C)n1. The van der Waals surface area contributed by atoms with Crippen molar-refractivity contribution in [2.45, 2.75) is 45.6 Å². The molecule has 1 aliphatic heterocycles. The van der Waals surface area contributed by atoms with Crippen molar-refractivity contribution < 1.29 is 19.4 Å². The van der Waals surface area contributed by atoms with E-state index in [4.69, 9.17) is 0 Å². The molecule has 0 amide bonds. The third kappa shape index (κ3) is 4.14. The number of hydrogen-bond acceptors (Lipinski definition) is 5. The number of aliphatic hydroxyl groups is 1. The molecule has 2 heterocycles. The van der Waals surface area contributed by atoms with Gasteiger partial charge in [0.05, 0.1) is 6.10 Å². The fourth-order valence-corrected chi connectivity index (χ4v) is 3.86. The summed E-state index contributed by atoms with van der Waals surface area (Å²) in [6.45, 7) is 4.54. The van der Waals surface area contributed by atoms with Gasteiger partial charge in [0.2, 0.25) is 0 Å². The smallest absolute Gasteiger partial charge is 0.314 e. The summed E-state index contributed by atoms with van der Waals surface area (Å²) in [5, 5.41) is 20.7. The van der Waals surface area contributed by atoms with Gasteiger partial charge in [-0.1, -0.05) is 25.5 Å². The Bertz CT molecular complexity index is 843. The van der Waals surface area contributed by atoms with Crippen LogP contribution in [0.2, 0.25) is 0 Å². The van der Waals surface area contributed by atoms with E-state index < -0.39 is 17.5 Å². The van der Waals surface area contributed by atoms with Crippen LogP contribution in [0.15, 0.2) is 30.3 Å². The van der Waals surface area contributed by atoms with Gasteiger partial charge in [0.1, 0.15) is 22.9 Å². The molecule has 7 heteroatoms. The van der Waals surface area contributed by atoms with Gasteiger partial charge in [-0.15, -0.1) is 0 Å². The molecular weight excluding hydrogens is 361 g/mol. The molecule has 2 N–H and O–H groups in total. The number of benzene rings is 1. The number of rotatable bonds is 6. The van der Waals surface area contributed by atoms with E-state index in [0.29, 0.717) is 30.2 Å². The fourth-order valence-electron chi connectivity index (χ4n) is 3.86. The minimum atomic E-state index is -1.39. The van der Waals surface area contributed by atoms with Crippen LogP contribution in [0.3, 0.4) is 0 Å². The van der Waals surface area contributed by atoms with E-state index in [-0.39, 0.29) is 18.8 Å². The van der Waals surface area contributed by atoms with E-state index in [2.05, 4.69) is 16.9 Å². The molecule has 0 radical (unpaired) electrons. The summed E-state index contributed by atoms with van der Waals surface area (Å²) in [6, 6.07) is 7.66. The predicted molar refractivity (Wildman–Crippen MR) is 104 cm³/mol. The first-order valence-corrected chi connectivity index (χ1v) is 9.59. The van der Waals surface area contributed by atoms with E-state index in [1.807, 2.05) is 17.9 Å². The van der Waals surface area contributed by atoms with Crippen LogP contribution >= 0.6 is 0 Å². The highest BCUT2D eigenvalue weighted by molar-refractivity contribution is 5.77. The van der Waals surface area contributed by atoms with Crippen molar-refractivity contribution >= 4 is 11.8 Å². The van der Waals surface area contributed by atoms with Crippen LogP contribution in [-0.2, 0) is 17.6 Å². The number of piperidine rings is 1. The number of aryl methyl sites for hydroxylation is 2. The van der Waals surface area contributed by atoms with Gasteiger partial charge >= 0.3 is 5.97 Å². The zero-order chi connectivity index (χ0) is 20.3. The van der Waals surface area contributed by atoms with Crippen molar-refractivity contribution in [3.05, 3.63) is 53.2 Å². The van der Waals surface area contributed by atoms with Gasteiger partial charge < -0.3 is 15.1 Å². The number of hydrogen-bond donors (Lipinski definition) is 2. The van der Waals surface area contributed by atoms with Crippen molar-refractivity contribution in [1.82, 2.24) is 9.97 Å². The lowest BCUT2D eigenvalue weighted by molar-refractivity contribution is -0.157. The van der Waals surface area contributed by atoms with E-state index in [1.165, 1.54) is 12.1 Å². The zero-order valence-corrected chi connectivity index (χ0v) is 16.2. The maximum Gasteiger partial charge on any atom is 0.314 e. The van der Waals surface area contributed by atoms with Crippen molar-refractivity contribution in [2.24, 2.45) is 5.41 Å². The molecule has 2 aromatic rings. The summed E-state index contributed by atoms with van der Waals surface area (Å²) < 4.78 is 13.2. The lowest BCUT2D eigenvalue weighted by Crippen LogP contribution is -2.57. The van der Waals surface area contributed by atoms with E-state index in [0.717, 1.165) is 18.5 Å². The molecule has 0 bridgehead atoms. The largest absolute Gasteiger partial charge is 0.481 e. The average molecular weight is 387 g/mol. The summed E-state index contributed by atoms with van der Waals surface area (Å²) >= 11 is 0. The van der Waals surface area contributed by atoms with Gasteiger partial charge in [-0.3, -0.25) is 4.79 Å². The molecule has 0 spiro atoms. The Balaban J connectivity index is 1.93. The van der Waals surface area contributed by atoms with Gasteiger partial charge in [0, 0.05) is 24.8 Å². The molecule has 0 aliphatic carbocycles. The third-order valence-electron chi connectivity index (χ3n) is 5.35. The Morgan fingerprint density at radius 1 is 1.32 bits per heavy atom. The number of anilines is 1. The number of aliphatic carboxylic acids is 1. The Labute approximate surface area is 164 Å². The van der Waals surface area contributed by atoms with Crippen molar-refractivity contribution in [3.8, 4) is 0 Å². The minimum Gasteiger partial charge on any atom is -0.481 e. The van der Waals surface area contributed by atoms with Crippen LogP contribution in [0, 0.1) is 18.2 Å². The molecule has 6 nitrogen and oxygen atoms in total. The first-order valence-electron chi connectivity index (χ1n) is 9.59. The molecule has 0 unspecified atom stereocenters. The van der Waals surface area contributed by atoms with Crippen LogP contribution in [0.25, 0.3) is 0 Å². The minimum absolute atomic E-state index is 0.117. The molecule has 0 saturated carbocycles. The number of aromatic nitrogens is 2. The predicted octanol–water partition coefficient (Wildman–Crippen LogP) is 2.76. The second kappa shape index (κ2) is 8.22. The van der Waals surface area contributed by atoms with E-state index >= 15 is 0 Å². The molecule has 1 aliphatic rings. The molecule has 1 fully saturated rings. The number of carboxylic acids is 1. The lowest BCUT2D eigenvalue weighted by atomic mass is 9.73. The molecule has 3 rings (SSSR count). The van der Waals surface area contributed by atoms with Gasteiger partial charge in [-0.05, 0) is 43.9 Å². The van der Waals surface area contributed by atoms with Crippen LogP contribution in [0.4, 0.5) is 10.2 Å². The van der Waals surface area contributed by atoms with Crippen LogP contribution in [0.1, 0.15) is 36.8 Å². The Hall–Kier alpha value is -2.54. The van der Waals surface area contributed by atoms with Crippen LogP contribution < -0.4 is 4.90 Å². The summed E-state index contributed by atoms with van der Waals surface area (Å²) in [5.41, 5.74) is 0.214. The lowest BCUT2D eigenvalue weighted by Gasteiger charge is -2.44. The van der Waals surface area contributed by atoms with Gasteiger partial charge in [0.25, 0.3) is 0 Å². The fraction of sp³-hybridized carbons (Fsp3) is 0.476. The second-order valence-corrected chi connectivity index (χ2v) is 7.51. The number of nitrogens with zero attached hydrogens (tertiary/aromatic N) is 3. The Morgan fingerprint density at radius 2 is 2.04 bits per heavy atom. The summed E-state index contributed by atoms with van der Waals surface area (Å²) in [6.07, 6.45) is 1.22. The van der Waals surface area contributed by atoms with Gasteiger partial charge in [-0.25, -0.2) is 14.4 Å². The average Bonchev–Trinajstić information content (AvgIpc) is 2.65. The standard InChI is InChI=1S/C21H26FN3O3/c1-3-4-17-11-19(24-14(2)23-17)25-10-9-18(26)21(13-25,20(27)28)12-15-5-7-16(22)8-6-15/h5-8,11,18,26H,3-4,9-10,12-13H2,1-2H3,(H,27,28)/t18-,21-/m1/s1. The third-order valence-corrected chi connectivity index (χ3v) is 5.35. The summed E-state index contributed by atoms with van der Waals surface area (Å²) in [4.78, 5) is 23.1. The highest BCUT2D eigenvalue weighted by Gasteiger charge is 2.49. The molecule has 150 valence electrons. The molecular formula is C21H26FN3O3. The van der Waals surface area contributed by atoms with E-state index in [1.54, 1.807) is 12.1 Å². The highest BCUT2D eigenvalue weighted by atomic mass is 19.1. The van der Waals surface area contributed by atoms with Crippen molar-refractivity contribution in [3.63, 3.8) is 0 Å². The molecule has 28 heavy (non-hydrogen) atoms. The van der Waals surface area contributed by atoms with Crippen LogP contribution in [0.5, 0.6) is 0 Å². The van der Waals surface area contributed by atoms with Gasteiger partial charge in [-0.2, -0.15) is 0 Å². The number of halogens is 1. The first-order chi connectivity index (χ1) is 13.3. The topological polar surface area (TPSA) is 86.5 Å². The van der Waals surface area contributed by atoms with Crippen molar-refractivity contribution in [1.29, 1.82) is 0 Å². The molecule has 1 aromatic heterocycles. The maximum absolute atomic E-state index is 13.2. The number of carbonyl (C=O) groups is 1. The Morgan fingerprint density at radius 3 is 2.68 bits per heavy atom. The summed E-state index contributed by atoms with van der Waals surface area (Å²) in [5.74, 6) is -0.105. The molecule has 1 saturated heterocycles. The number of carboxylic acid groups (broad SMARTS) is 1. The first kappa shape index (κ1) is 20.2. The van der Waals surface area contributed by atoms with Gasteiger partial charge in [0.15, 0.2) is 0 Å². The van der Waals surface area contributed by atoms with Crippen LogP contribution in [-0.4, -0.2) is 45.3 Å². The normalized spacial score (nSPS) is 22.3. The highest BCUT2D eigenvalue weighted by Crippen LogP contribution is 2.36. The monoisotopic (exact) mass is 387 g/mol. The summed E-state index contributed by atoms with van der Waals surface area (Å²) in [7, 11) is 0. The van der Waals surface area contributed by atoms with Crippen molar-refractivity contribution in [2.75, 3.05) is 18.0 Å². The number of aliphatic hydroxyl groups excluding tert-OH is 1. The second-order valence-electron chi connectivity index (χ2n) is 7.51. The Kier molecular flexibility index (Phi) is 5.93. The zero-order valence-electron chi connectivity index (χ0n) is 16.2. The quantitative estimate of drug-likeness (QED) is 0.793.